The van der Waals surface area contributed by atoms with Crippen LogP contribution in [0, 0.1) is 0 Å². The molecule has 0 aliphatic carbocycles. The number of piperidine rings is 1. The zero-order valence-electron chi connectivity index (χ0n) is 16.1. The molecule has 0 saturated carbocycles. The Morgan fingerprint density at radius 2 is 2.04 bits per heavy atom. The van der Waals surface area contributed by atoms with E-state index in [2.05, 4.69) is 50.7 Å². The normalized spacial score (nSPS) is 16.6. The predicted octanol–water partition coefficient (Wildman–Crippen LogP) is 1.61. The number of aryl methyl sites for hydroxylation is 1. The second kappa shape index (κ2) is 7.24. The van der Waals surface area contributed by atoms with E-state index in [1.54, 1.807) is 6.20 Å². The minimum Gasteiger partial charge on any atom is -0.379 e. The fourth-order valence-corrected chi connectivity index (χ4v) is 3.95. The van der Waals surface area contributed by atoms with Crippen LogP contribution in [0.2, 0.25) is 0 Å². The third kappa shape index (κ3) is 3.28. The molecule has 1 saturated heterocycles. The van der Waals surface area contributed by atoms with Crippen LogP contribution in [0.25, 0.3) is 22.6 Å². The van der Waals surface area contributed by atoms with E-state index in [4.69, 9.17) is 15.3 Å². The molecule has 1 aliphatic heterocycles. The molecule has 4 rings (SSSR count). The number of nitrogens with zero attached hydrogens (tertiary/aromatic N) is 7. The van der Waals surface area contributed by atoms with Crippen molar-refractivity contribution >= 4 is 16.9 Å². The summed E-state index contributed by atoms with van der Waals surface area (Å²) in [5.74, 6) is 0.917. The van der Waals surface area contributed by atoms with Crippen LogP contribution in [0.5, 0.6) is 0 Å². The number of hydrogen-bond acceptors (Lipinski definition) is 8. The molecule has 3 aromatic rings. The number of aromatic nitrogens is 5. The predicted molar refractivity (Wildman–Crippen MR) is 103 cm³/mol. The summed E-state index contributed by atoms with van der Waals surface area (Å²) in [6, 6.07) is 0.587. The van der Waals surface area contributed by atoms with E-state index < -0.39 is 0 Å². The summed E-state index contributed by atoms with van der Waals surface area (Å²) in [4.78, 5) is 13.9. The van der Waals surface area contributed by atoms with Gasteiger partial charge in [0.1, 0.15) is 5.52 Å². The quantitative estimate of drug-likeness (QED) is 0.723. The Kier molecular flexibility index (Phi) is 4.79. The highest BCUT2D eigenvalue weighted by atomic mass is 16.6. The molecule has 144 valence electrons. The van der Waals surface area contributed by atoms with Crippen LogP contribution in [0.3, 0.4) is 0 Å². The van der Waals surface area contributed by atoms with Crippen molar-refractivity contribution < 1.29 is 4.63 Å². The van der Waals surface area contributed by atoms with Crippen molar-refractivity contribution in [1.29, 1.82) is 0 Å². The molecule has 9 nitrogen and oxygen atoms in total. The number of fused-ring (bicyclic) bond motifs is 1. The number of likely N-dealkylation sites (tertiary alicyclic amines) is 1. The summed E-state index contributed by atoms with van der Waals surface area (Å²) in [6.45, 7) is 5.95. The lowest BCUT2D eigenvalue weighted by atomic mass is 10.0. The summed E-state index contributed by atoms with van der Waals surface area (Å²) in [6.07, 6.45) is 6.11. The zero-order chi connectivity index (χ0) is 19.0. The molecule has 1 fully saturated rings. The zero-order valence-corrected chi connectivity index (χ0v) is 16.1. The summed E-state index contributed by atoms with van der Waals surface area (Å²) in [5, 5.41) is 7.62. The monoisotopic (exact) mass is 370 g/mol. The molecule has 0 unspecified atom stereocenters. The molecule has 1 aliphatic rings. The Bertz CT molecular complexity index is 925. The molecule has 27 heavy (non-hydrogen) atoms. The van der Waals surface area contributed by atoms with E-state index in [1.807, 2.05) is 6.20 Å². The summed E-state index contributed by atoms with van der Waals surface area (Å²) in [7, 11) is 4.38. The van der Waals surface area contributed by atoms with Gasteiger partial charge in [0.15, 0.2) is 17.3 Å². The van der Waals surface area contributed by atoms with Crippen molar-refractivity contribution in [1.82, 2.24) is 34.6 Å². The van der Waals surface area contributed by atoms with Gasteiger partial charge >= 0.3 is 0 Å². The highest BCUT2D eigenvalue weighted by Gasteiger charge is 2.24. The highest BCUT2D eigenvalue weighted by Crippen LogP contribution is 2.29. The molecule has 0 aromatic carbocycles. The van der Waals surface area contributed by atoms with Crippen molar-refractivity contribution in [2.75, 3.05) is 32.9 Å². The number of nitrogen functional groups attached to an aromatic ring is 1. The third-order valence-corrected chi connectivity index (χ3v) is 5.50. The summed E-state index contributed by atoms with van der Waals surface area (Å²) >= 11 is 0. The maximum atomic E-state index is 5.90. The molecule has 0 amide bonds. The fraction of sp³-hybridized carbons (Fsp3) is 0.556. The number of pyridine rings is 1. The number of imidazole rings is 1. The highest BCUT2D eigenvalue weighted by molar-refractivity contribution is 5.83. The van der Waals surface area contributed by atoms with Crippen LogP contribution in [0.1, 0.15) is 25.3 Å². The Balaban J connectivity index is 1.69. The van der Waals surface area contributed by atoms with Gasteiger partial charge in [-0.05, 0) is 57.3 Å². The minimum atomic E-state index is 0.248. The molecule has 0 atom stereocenters. The average molecular weight is 370 g/mol. The van der Waals surface area contributed by atoms with Crippen LogP contribution in [0.4, 0.5) is 5.82 Å². The van der Waals surface area contributed by atoms with Crippen LogP contribution < -0.4 is 5.73 Å². The van der Waals surface area contributed by atoms with E-state index in [-0.39, 0.29) is 5.82 Å². The molecular weight excluding hydrogens is 344 g/mol. The van der Waals surface area contributed by atoms with E-state index in [9.17, 15) is 0 Å². The topological polar surface area (TPSA) is 102 Å². The van der Waals surface area contributed by atoms with E-state index >= 15 is 0 Å². The first-order valence-corrected chi connectivity index (χ1v) is 9.38. The van der Waals surface area contributed by atoms with Crippen LogP contribution >= 0.6 is 0 Å². The first kappa shape index (κ1) is 17.9. The van der Waals surface area contributed by atoms with Crippen molar-refractivity contribution in [2.24, 2.45) is 0 Å². The van der Waals surface area contributed by atoms with E-state index in [0.29, 0.717) is 17.6 Å². The van der Waals surface area contributed by atoms with Gasteiger partial charge in [-0.1, -0.05) is 0 Å². The van der Waals surface area contributed by atoms with Crippen molar-refractivity contribution in [3.8, 4) is 11.5 Å². The van der Waals surface area contributed by atoms with Crippen molar-refractivity contribution in [3.05, 3.63) is 18.0 Å². The number of hydrogen-bond donors (Lipinski definition) is 1. The lowest BCUT2D eigenvalue weighted by Crippen LogP contribution is -2.41. The lowest BCUT2D eigenvalue weighted by molar-refractivity contribution is 0.139. The standard InChI is InChI=1S/C18H26N8O/c1-4-26-16-12(11-25(3)13-5-7-24(2)8-6-13)9-20-10-14(16)21-18(26)15-17(19)23-27-22-15/h9-10,13H,4-8,11H2,1-3H3,(H2,19,23). The number of anilines is 1. The first-order valence-electron chi connectivity index (χ1n) is 9.38. The molecule has 0 radical (unpaired) electrons. The lowest BCUT2D eigenvalue weighted by Gasteiger charge is -2.35. The maximum Gasteiger partial charge on any atom is 0.199 e. The van der Waals surface area contributed by atoms with Gasteiger partial charge in [0.25, 0.3) is 0 Å². The molecule has 0 spiro atoms. The van der Waals surface area contributed by atoms with Crippen LogP contribution in [-0.2, 0) is 13.1 Å². The third-order valence-electron chi connectivity index (χ3n) is 5.50. The molecule has 3 aromatic heterocycles. The second-order valence-electron chi connectivity index (χ2n) is 7.29. The molecule has 9 heteroatoms. The molecular formula is C18H26N8O. The SMILES string of the molecule is CCn1c(-c2nonc2N)nc2cncc(CN(C)C3CCN(C)CC3)c21. The largest absolute Gasteiger partial charge is 0.379 e. The number of nitrogens with two attached hydrogens (primary N) is 1. The van der Waals surface area contributed by atoms with Gasteiger partial charge in [-0.15, -0.1) is 0 Å². The number of rotatable bonds is 5. The van der Waals surface area contributed by atoms with Crippen LogP contribution in [-0.4, -0.2) is 67.9 Å². The molecule has 2 N–H and O–H groups in total. The van der Waals surface area contributed by atoms with E-state index in [1.165, 1.54) is 12.8 Å². The Hall–Kier alpha value is -2.52. The van der Waals surface area contributed by atoms with Gasteiger partial charge in [0, 0.05) is 30.9 Å². The summed E-state index contributed by atoms with van der Waals surface area (Å²) < 4.78 is 6.89. The smallest absolute Gasteiger partial charge is 0.199 e. The van der Waals surface area contributed by atoms with Crippen LogP contribution in [0.15, 0.2) is 17.0 Å². The van der Waals surface area contributed by atoms with Crippen molar-refractivity contribution in [3.63, 3.8) is 0 Å². The summed E-state index contributed by atoms with van der Waals surface area (Å²) in [5.41, 5.74) is 9.44. The minimum absolute atomic E-state index is 0.248. The van der Waals surface area contributed by atoms with Gasteiger partial charge in [0.2, 0.25) is 0 Å². The van der Waals surface area contributed by atoms with Gasteiger partial charge in [0.05, 0.1) is 11.7 Å². The molecule has 0 bridgehead atoms. The van der Waals surface area contributed by atoms with Gasteiger partial charge in [-0.2, -0.15) is 0 Å². The first-order chi connectivity index (χ1) is 13.1. The maximum absolute atomic E-state index is 5.90. The van der Waals surface area contributed by atoms with Gasteiger partial charge in [-0.25, -0.2) is 9.61 Å². The Morgan fingerprint density at radius 1 is 1.26 bits per heavy atom. The van der Waals surface area contributed by atoms with Crippen molar-refractivity contribution in [2.45, 2.75) is 38.9 Å². The Morgan fingerprint density at radius 3 is 2.70 bits per heavy atom. The van der Waals surface area contributed by atoms with Gasteiger partial charge < -0.3 is 15.2 Å². The fourth-order valence-electron chi connectivity index (χ4n) is 3.95. The average Bonchev–Trinajstić information content (AvgIpc) is 3.25. The van der Waals surface area contributed by atoms with E-state index in [0.717, 1.165) is 42.8 Å². The second-order valence-corrected chi connectivity index (χ2v) is 7.29. The Labute approximate surface area is 158 Å². The molecule has 4 heterocycles. The van der Waals surface area contributed by atoms with Gasteiger partial charge in [-0.3, -0.25) is 9.88 Å².